The molecule has 1 aliphatic carbocycles. The molecule has 0 amide bonds. The molecular weight excluding hydrogens is 284 g/mol. The summed E-state index contributed by atoms with van der Waals surface area (Å²) >= 11 is 0. The first-order chi connectivity index (χ1) is 9.98. The van der Waals surface area contributed by atoms with Crippen molar-refractivity contribution in [1.29, 1.82) is 0 Å². The van der Waals surface area contributed by atoms with Crippen LogP contribution in [0.25, 0.3) is 0 Å². The monoisotopic (exact) mass is 310 g/mol. The van der Waals surface area contributed by atoms with E-state index in [4.69, 9.17) is 0 Å². The van der Waals surface area contributed by atoms with Gasteiger partial charge in [0.05, 0.1) is 5.75 Å². The van der Waals surface area contributed by atoms with Crippen molar-refractivity contribution < 1.29 is 8.42 Å². The van der Waals surface area contributed by atoms with E-state index >= 15 is 0 Å². The second-order valence-electron chi connectivity index (χ2n) is 6.09. The van der Waals surface area contributed by atoms with E-state index in [0.29, 0.717) is 5.92 Å². The third-order valence-electron chi connectivity index (χ3n) is 3.97. The Morgan fingerprint density at radius 1 is 1.24 bits per heavy atom. The number of nitrogens with one attached hydrogen (secondary N) is 2. The van der Waals surface area contributed by atoms with Crippen molar-refractivity contribution in [2.45, 2.75) is 51.4 Å². The minimum absolute atomic E-state index is 0.0673. The Balaban J connectivity index is 1.96. The zero-order chi connectivity index (χ0) is 15.3. The van der Waals surface area contributed by atoms with Gasteiger partial charge in [-0.15, -0.1) is 0 Å². The molecule has 0 aromatic heterocycles. The molecule has 1 fully saturated rings. The molecule has 4 nitrogen and oxygen atoms in total. The predicted octanol–water partition coefficient (Wildman–Crippen LogP) is 2.40. The van der Waals surface area contributed by atoms with Gasteiger partial charge in [-0.25, -0.2) is 13.1 Å². The topological polar surface area (TPSA) is 58.2 Å². The first-order valence-electron chi connectivity index (χ1n) is 7.77. The molecule has 1 aromatic carbocycles. The van der Waals surface area contributed by atoms with Crippen molar-refractivity contribution in [1.82, 2.24) is 10.0 Å². The van der Waals surface area contributed by atoms with Gasteiger partial charge in [0.1, 0.15) is 0 Å². The molecule has 0 spiro atoms. The van der Waals surface area contributed by atoms with Crippen LogP contribution in [0.2, 0.25) is 0 Å². The third kappa shape index (κ3) is 5.41. The lowest BCUT2D eigenvalue weighted by molar-refractivity contribution is 0.538. The van der Waals surface area contributed by atoms with E-state index in [9.17, 15) is 8.42 Å². The van der Waals surface area contributed by atoms with Gasteiger partial charge in [-0.1, -0.05) is 38.1 Å². The molecule has 2 unspecified atom stereocenters. The van der Waals surface area contributed by atoms with Crippen LogP contribution in [0.3, 0.4) is 0 Å². The molecular formula is C16H26N2O2S. The fourth-order valence-corrected chi connectivity index (χ4v) is 4.35. The highest BCUT2D eigenvalue weighted by Crippen LogP contribution is 2.25. The molecule has 1 aliphatic rings. The van der Waals surface area contributed by atoms with Gasteiger partial charge < -0.3 is 5.32 Å². The number of sulfonamides is 1. The zero-order valence-electron chi connectivity index (χ0n) is 12.9. The molecule has 1 aromatic rings. The van der Waals surface area contributed by atoms with Gasteiger partial charge in [0.15, 0.2) is 0 Å². The number of rotatable bonds is 7. The van der Waals surface area contributed by atoms with Gasteiger partial charge in [-0.05, 0) is 42.9 Å². The van der Waals surface area contributed by atoms with Crippen LogP contribution in [0.4, 0.5) is 0 Å². The van der Waals surface area contributed by atoms with Crippen LogP contribution in [-0.4, -0.2) is 21.0 Å². The molecule has 2 atom stereocenters. The minimum Gasteiger partial charge on any atom is -0.313 e. The van der Waals surface area contributed by atoms with E-state index in [1.807, 2.05) is 24.3 Å². The second kappa shape index (κ2) is 7.38. The first kappa shape index (κ1) is 16.5. The van der Waals surface area contributed by atoms with Gasteiger partial charge in [0.2, 0.25) is 10.0 Å². The molecule has 5 heteroatoms. The Labute approximate surface area is 128 Å². The first-order valence-corrected chi connectivity index (χ1v) is 9.42. The molecule has 2 N–H and O–H groups in total. The van der Waals surface area contributed by atoms with Crippen molar-refractivity contribution in [3.05, 3.63) is 35.4 Å². The summed E-state index contributed by atoms with van der Waals surface area (Å²) in [5, 5.41) is 3.25. The Morgan fingerprint density at radius 2 is 2.00 bits per heavy atom. The highest BCUT2D eigenvalue weighted by Gasteiger charge is 2.25. The minimum atomic E-state index is -3.25. The Hall–Kier alpha value is -0.910. The molecule has 0 aliphatic heterocycles. The molecule has 0 radical (unpaired) electrons. The maximum Gasteiger partial charge on any atom is 0.216 e. The quantitative estimate of drug-likeness (QED) is 0.813. The fourth-order valence-electron chi connectivity index (χ4n) is 2.93. The van der Waals surface area contributed by atoms with Gasteiger partial charge >= 0.3 is 0 Å². The summed E-state index contributed by atoms with van der Waals surface area (Å²) in [6, 6.07) is 7.92. The Kier molecular flexibility index (Phi) is 5.79. The van der Waals surface area contributed by atoms with Crippen LogP contribution in [0, 0.1) is 5.92 Å². The number of hydrogen-bond acceptors (Lipinski definition) is 3. The third-order valence-corrected chi connectivity index (χ3v) is 5.37. The normalized spacial score (nSPS) is 22.6. The SMILES string of the molecule is CCNCc1cccc(CS(=O)(=O)NC2CCC(C)C2)c1. The molecule has 21 heavy (non-hydrogen) atoms. The van der Waals surface area contributed by atoms with Crippen LogP contribution in [0.15, 0.2) is 24.3 Å². The lowest BCUT2D eigenvalue weighted by atomic mass is 10.1. The number of hydrogen-bond donors (Lipinski definition) is 2. The molecule has 0 bridgehead atoms. The Morgan fingerprint density at radius 3 is 2.67 bits per heavy atom. The van der Waals surface area contributed by atoms with Crippen LogP contribution in [0.5, 0.6) is 0 Å². The van der Waals surface area contributed by atoms with Crippen LogP contribution in [0.1, 0.15) is 44.2 Å². The average molecular weight is 310 g/mol. The lowest BCUT2D eigenvalue weighted by Crippen LogP contribution is -2.33. The summed E-state index contributed by atoms with van der Waals surface area (Å²) in [5.41, 5.74) is 1.97. The van der Waals surface area contributed by atoms with Gasteiger partial charge in [-0.3, -0.25) is 0 Å². The second-order valence-corrected chi connectivity index (χ2v) is 7.85. The van der Waals surface area contributed by atoms with Gasteiger partial charge in [0, 0.05) is 12.6 Å². The maximum absolute atomic E-state index is 12.3. The van der Waals surface area contributed by atoms with E-state index in [-0.39, 0.29) is 11.8 Å². The highest BCUT2D eigenvalue weighted by molar-refractivity contribution is 7.88. The van der Waals surface area contributed by atoms with E-state index in [2.05, 4.69) is 23.9 Å². The lowest BCUT2D eigenvalue weighted by Gasteiger charge is -2.13. The van der Waals surface area contributed by atoms with Gasteiger partial charge in [0.25, 0.3) is 0 Å². The van der Waals surface area contributed by atoms with Gasteiger partial charge in [-0.2, -0.15) is 0 Å². The maximum atomic E-state index is 12.3. The summed E-state index contributed by atoms with van der Waals surface area (Å²) < 4.78 is 27.4. The van der Waals surface area contributed by atoms with Crippen molar-refractivity contribution in [3.8, 4) is 0 Å². The van der Waals surface area contributed by atoms with E-state index < -0.39 is 10.0 Å². The van der Waals surface area contributed by atoms with Crippen molar-refractivity contribution in [2.24, 2.45) is 5.92 Å². The molecule has 118 valence electrons. The van der Waals surface area contributed by atoms with E-state index in [0.717, 1.165) is 43.5 Å². The smallest absolute Gasteiger partial charge is 0.216 e. The van der Waals surface area contributed by atoms with Crippen molar-refractivity contribution in [2.75, 3.05) is 6.54 Å². The molecule has 1 saturated carbocycles. The summed E-state index contributed by atoms with van der Waals surface area (Å²) in [7, 11) is -3.25. The van der Waals surface area contributed by atoms with E-state index in [1.165, 1.54) is 0 Å². The van der Waals surface area contributed by atoms with Crippen LogP contribution < -0.4 is 10.0 Å². The summed E-state index contributed by atoms with van der Waals surface area (Å²) in [6.45, 7) is 5.92. The van der Waals surface area contributed by atoms with E-state index in [1.54, 1.807) is 0 Å². The van der Waals surface area contributed by atoms with Crippen LogP contribution >= 0.6 is 0 Å². The predicted molar refractivity (Wildman–Crippen MR) is 86.4 cm³/mol. The molecule has 0 saturated heterocycles. The van der Waals surface area contributed by atoms with Crippen molar-refractivity contribution >= 4 is 10.0 Å². The largest absolute Gasteiger partial charge is 0.313 e. The van der Waals surface area contributed by atoms with Crippen molar-refractivity contribution in [3.63, 3.8) is 0 Å². The Bertz CT molecular complexity index is 557. The molecule has 0 heterocycles. The summed E-state index contributed by atoms with van der Waals surface area (Å²) in [6.07, 6.45) is 3.03. The average Bonchev–Trinajstić information content (AvgIpc) is 2.80. The summed E-state index contributed by atoms with van der Waals surface area (Å²) in [4.78, 5) is 0. The number of benzene rings is 1. The fraction of sp³-hybridized carbons (Fsp3) is 0.625. The standard InChI is InChI=1S/C16H26N2O2S/c1-3-17-11-14-5-4-6-15(10-14)12-21(19,20)18-16-8-7-13(2)9-16/h4-6,10,13,16-18H,3,7-9,11-12H2,1-2H3. The summed E-state index contributed by atoms with van der Waals surface area (Å²) in [5.74, 6) is 0.693. The van der Waals surface area contributed by atoms with Crippen LogP contribution in [-0.2, 0) is 22.3 Å². The molecule has 2 rings (SSSR count). The highest BCUT2D eigenvalue weighted by atomic mass is 32.2. The zero-order valence-corrected chi connectivity index (χ0v) is 13.7.